The summed E-state index contributed by atoms with van der Waals surface area (Å²) in [5.41, 5.74) is 3.46. The summed E-state index contributed by atoms with van der Waals surface area (Å²) < 4.78 is 13.5. The smallest absolute Gasteiger partial charge is 0.214 e. The minimum Gasteiger partial charge on any atom is -0.368 e. The molecule has 2 aromatic carbocycles. The normalized spacial score (nSPS) is 15.1. The summed E-state index contributed by atoms with van der Waals surface area (Å²) in [6.07, 6.45) is 3.55. The SMILES string of the molecule is N#Cc1ccccc1-c1ccc(N(C=O)CC2CCCN2)c(NCCc2cccc(F)c2)n1. The molecule has 33 heavy (non-hydrogen) atoms. The molecular formula is C26H26FN5O. The zero-order valence-electron chi connectivity index (χ0n) is 18.3. The monoisotopic (exact) mass is 443 g/mol. The molecule has 1 fully saturated rings. The Bertz CT molecular complexity index is 1150. The molecule has 0 aliphatic carbocycles. The molecule has 1 aromatic heterocycles. The van der Waals surface area contributed by atoms with Crippen molar-refractivity contribution < 1.29 is 9.18 Å². The van der Waals surface area contributed by atoms with Gasteiger partial charge in [0.1, 0.15) is 5.82 Å². The van der Waals surface area contributed by atoms with Gasteiger partial charge >= 0.3 is 0 Å². The van der Waals surface area contributed by atoms with Crippen molar-refractivity contribution in [3.63, 3.8) is 0 Å². The average Bonchev–Trinajstić information content (AvgIpc) is 3.36. The average molecular weight is 444 g/mol. The van der Waals surface area contributed by atoms with E-state index in [1.165, 1.54) is 12.1 Å². The molecular weight excluding hydrogens is 417 g/mol. The summed E-state index contributed by atoms with van der Waals surface area (Å²) in [5.74, 6) is 0.291. The van der Waals surface area contributed by atoms with Gasteiger partial charge < -0.3 is 15.5 Å². The highest BCUT2D eigenvalue weighted by atomic mass is 19.1. The maximum Gasteiger partial charge on any atom is 0.214 e. The molecule has 0 spiro atoms. The van der Waals surface area contributed by atoms with Crippen LogP contribution in [0.5, 0.6) is 0 Å². The Hall–Kier alpha value is -3.76. The van der Waals surface area contributed by atoms with E-state index in [4.69, 9.17) is 4.98 Å². The molecule has 3 aromatic rings. The van der Waals surface area contributed by atoms with Crippen molar-refractivity contribution in [2.45, 2.75) is 25.3 Å². The van der Waals surface area contributed by atoms with E-state index in [-0.39, 0.29) is 11.9 Å². The molecule has 1 atom stereocenters. The lowest BCUT2D eigenvalue weighted by Crippen LogP contribution is -2.37. The van der Waals surface area contributed by atoms with Crippen LogP contribution in [0, 0.1) is 17.1 Å². The Labute approximate surface area is 193 Å². The number of rotatable bonds is 9. The molecule has 1 saturated heterocycles. The van der Waals surface area contributed by atoms with Crippen LogP contribution in [0.1, 0.15) is 24.0 Å². The summed E-state index contributed by atoms with van der Waals surface area (Å²) in [5, 5.41) is 16.2. The van der Waals surface area contributed by atoms with Gasteiger partial charge in [0.05, 0.1) is 23.0 Å². The van der Waals surface area contributed by atoms with Crippen LogP contribution in [0.4, 0.5) is 15.9 Å². The minimum absolute atomic E-state index is 0.245. The quantitative estimate of drug-likeness (QED) is 0.486. The number of hydrogen-bond acceptors (Lipinski definition) is 5. The third kappa shape index (κ3) is 5.54. The largest absolute Gasteiger partial charge is 0.368 e. The van der Waals surface area contributed by atoms with Crippen LogP contribution in [-0.4, -0.2) is 37.1 Å². The van der Waals surface area contributed by atoms with E-state index in [9.17, 15) is 14.4 Å². The highest BCUT2D eigenvalue weighted by molar-refractivity contribution is 5.84. The predicted molar refractivity (Wildman–Crippen MR) is 127 cm³/mol. The second-order valence-corrected chi connectivity index (χ2v) is 8.08. The first-order valence-electron chi connectivity index (χ1n) is 11.1. The maximum atomic E-state index is 13.5. The van der Waals surface area contributed by atoms with E-state index >= 15 is 0 Å². The fraction of sp³-hybridized carbons (Fsp3) is 0.269. The van der Waals surface area contributed by atoms with Gasteiger partial charge in [-0.3, -0.25) is 4.79 Å². The summed E-state index contributed by atoms with van der Waals surface area (Å²) in [6.45, 7) is 2.03. The van der Waals surface area contributed by atoms with Gasteiger partial charge in [-0.15, -0.1) is 0 Å². The Kier molecular flexibility index (Phi) is 7.28. The van der Waals surface area contributed by atoms with Crippen molar-refractivity contribution in [1.29, 1.82) is 5.26 Å². The Morgan fingerprint density at radius 2 is 2.09 bits per heavy atom. The zero-order valence-corrected chi connectivity index (χ0v) is 18.3. The highest BCUT2D eigenvalue weighted by Crippen LogP contribution is 2.30. The lowest BCUT2D eigenvalue weighted by molar-refractivity contribution is -0.107. The molecule has 4 rings (SSSR count). The molecule has 6 nitrogen and oxygen atoms in total. The second kappa shape index (κ2) is 10.7. The molecule has 1 aliphatic heterocycles. The lowest BCUT2D eigenvalue weighted by atomic mass is 10.0. The number of halogens is 1. The van der Waals surface area contributed by atoms with E-state index < -0.39 is 0 Å². The van der Waals surface area contributed by atoms with Crippen molar-refractivity contribution in [2.75, 3.05) is 29.9 Å². The fourth-order valence-corrected chi connectivity index (χ4v) is 4.13. The van der Waals surface area contributed by atoms with Crippen LogP contribution in [0.15, 0.2) is 60.7 Å². The number of amides is 1. The molecule has 0 bridgehead atoms. The van der Waals surface area contributed by atoms with Crippen molar-refractivity contribution in [3.8, 4) is 17.3 Å². The highest BCUT2D eigenvalue weighted by Gasteiger charge is 2.21. The molecule has 1 aliphatic rings. The maximum absolute atomic E-state index is 13.5. The third-order valence-electron chi connectivity index (χ3n) is 5.81. The lowest BCUT2D eigenvalue weighted by Gasteiger charge is -2.24. The van der Waals surface area contributed by atoms with E-state index in [1.807, 2.05) is 36.4 Å². The molecule has 168 valence electrons. The second-order valence-electron chi connectivity index (χ2n) is 8.08. The van der Waals surface area contributed by atoms with Gasteiger partial charge in [-0.05, 0) is 61.7 Å². The van der Waals surface area contributed by atoms with Crippen LogP contribution in [0.25, 0.3) is 11.3 Å². The number of aromatic nitrogens is 1. The number of nitrogens with zero attached hydrogens (tertiary/aromatic N) is 3. The van der Waals surface area contributed by atoms with Gasteiger partial charge in [0.25, 0.3) is 0 Å². The summed E-state index contributed by atoms with van der Waals surface area (Å²) in [7, 11) is 0. The van der Waals surface area contributed by atoms with Gasteiger partial charge in [0.15, 0.2) is 5.82 Å². The molecule has 2 N–H and O–H groups in total. The van der Waals surface area contributed by atoms with Gasteiger partial charge in [-0.1, -0.05) is 30.3 Å². The topological polar surface area (TPSA) is 81.0 Å². The molecule has 0 radical (unpaired) electrons. The molecule has 0 saturated carbocycles. The van der Waals surface area contributed by atoms with Crippen molar-refractivity contribution in [3.05, 3.63) is 77.6 Å². The summed E-state index contributed by atoms with van der Waals surface area (Å²) in [4.78, 5) is 18.4. The molecule has 1 unspecified atom stereocenters. The number of carbonyl (C=O) groups is 1. The van der Waals surface area contributed by atoms with E-state index in [1.54, 1.807) is 17.0 Å². The van der Waals surface area contributed by atoms with Crippen molar-refractivity contribution in [2.24, 2.45) is 0 Å². The number of benzene rings is 2. The first-order chi connectivity index (χ1) is 16.2. The molecule has 1 amide bonds. The van der Waals surface area contributed by atoms with Crippen LogP contribution < -0.4 is 15.5 Å². The van der Waals surface area contributed by atoms with E-state index in [0.29, 0.717) is 42.3 Å². The first-order valence-corrected chi connectivity index (χ1v) is 11.1. The summed E-state index contributed by atoms with van der Waals surface area (Å²) in [6, 6.07) is 20.0. The number of nitriles is 1. The fourth-order valence-electron chi connectivity index (χ4n) is 4.13. The molecule has 7 heteroatoms. The van der Waals surface area contributed by atoms with Crippen molar-refractivity contribution in [1.82, 2.24) is 10.3 Å². The number of carbonyl (C=O) groups excluding carboxylic acids is 1. The van der Waals surface area contributed by atoms with E-state index in [2.05, 4.69) is 16.7 Å². The zero-order chi connectivity index (χ0) is 23.0. The Morgan fingerprint density at radius 3 is 2.85 bits per heavy atom. The van der Waals surface area contributed by atoms with Gasteiger partial charge in [-0.25, -0.2) is 9.37 Å². The first kappa shape index (κ1) is 22.4. The third-order valence-corrected chi connectivity index (χ3v) is 5.81. The number of nitrogens with one attached hydrogen (secondary N) is 2. The van der Waals surface area contributed by atoms with Gasteiger partial charge in [-0.2, -0.15) is 5.26 Å². The Balaban J connectivity index is 1.62. The van der Waals surface area contributed by atoms with Crippen LogP contribution in [0.2, 0.25) is 0 Å². The van der Waals surface area contributed by atoms with Crippen LogP contribution in [0.3, 0.4) is 0 Å². The minimum atomic E-state index is -0.266. The van der Waals surface area contributed by atoms with Crippen LogP contribution in [-0.2, 0) is 11.2 Å². The van der Waals surface area contributed by atoms with E-state index in [0.717, 1.165) is 36.9 Å². The van der Waals surface area contributed by atoms with Crippen LogP contribution >= 0.6 is 0 Å². The summed E-state index contributed by atoms with van der Waals surface area (Å²) >= 11 is 0. The predicted octanol–water partition coefficient (Wildman–Crippen LogP) is 4.13. The standard InChI is InChI=1S/C26H26FN5O/c27-21-7-3-5-19(15-21)12-14-30-26-25(32(18-33)17-22-8-4-13-29-22)11-10-24(31-26)23-9-2-1-6-20(23)16-28/h1-3,5-7,9-11,15,18,22,29H,4,8,12-14,17H2,(H,30,31). The van der Waals surface area contributed by atoms with Gasteiger partial charge in [0, 0.05) is 24.7 Å². The van der Waals surface area contributed by atoms with Gasteiger partial charge in [0.2, 0.25) is 6.41 Å². The van der Waals surface area contributed by atoms with Crippen molar-refractivity contribution >= 4 is 17.9 Å². The number of hydrogen-bond donors (Lipinski definition) is 2. The number of pyridine rings is 1. The number of anilines is 2. The Morgan fingerprint density at radius 1 is 1.21 bits per heavy atom. The molecule has 2 heterocycles.